The predicted molar refractivity (Wildman–Crippen MR) is 69.8 cm³/mol. The lowest BCUT2D eigenvalue weighted by Crippen LogP contribution is -2.50. The molecule has 0 spiro atoms. The average Bonchev–Trinajstić information content (AvgIpc) is 3.14. The fourth-order valence-electron chi connectivity index (χ4n) is 2.25. The van der Waals surface area contributed by atoms with Crippen LogP contribution in [0, 0.1) is 6.92 Å². The lowest BCUT2D eigenvalue weighted by Gasteiger charge is -2.34. The molecule has 0 unspecified atom stereocenters. The van der Waals surface area contributed by atoms with Crippen molar-refractivity contribution in [3.63, 3.8) is 0 Å². The van der Waals surface area contributed by atoms with E-state index in [1.165, 1.54) is 24.2 Å². The van der Waals surface area contributed by atoms with Crippen LogP contribution in [0.5, 0.6) is 0 Å². The smallest absolute Gasteiger partial charge is 0.322 e. The topological polar surface area (TPSA) is 61.4 Å². The number of nitrogens with zero attached hydrogens (tertiary/aromatic N) is 4. The molecule has 7 heteroatoms. The van der Waals surface area contributed by atoms with Gasteiger partial charge in [-0.3, -0.25) is 10.2 Å². The highest BCUT2D eigenvalue weighted by Gasteiger charge is 2.32. The van der Waals surface area contributed by atoms with Crippen LogP contribution in [0.1, 0.15) is 17.8 Å². The third kappa shape index (κ3) is 2.62. The third-order valence-corrected chi connectivity index (χ3v) is 4.16. The number of amides is 2. The summed E-state index contributed by atoms with van der Waals surface area (Å²) in [7, 11) is 0. The number of urea groups is 1. The minimum Gasteiger partial charge on any atom is -0.322 e. The average molecular weight is 267 g/mol. The van der Waals surface area contributed by atoms with Gasteiger partial charge in [0.2, 0.25) is 5.13 Å². The summed E-state index contributed by atoms with van der Waals surface area (Å²) in [6, 6.07) is 0.739. The summed E-state index contributed by atoms with van der Waals surface area (Å²) in [6.45, 7) is 5.47. The van der Waals surface area contributed by atoms with E-state index in [1.54, 1.807) is 0 Å². The van der Waals surface area contributed by atoms with E-state index in [2.05, 4.69) is 20.4 Å². The normalized spacial score (nSPS) is 21.1. The Morgan fingerprint density at radius 1 is 1.28 bits per heavy atom. The maximum Gasteiger partial charge on any atom is 0.323 e. The Hall–Kier alpha value is -1.21. The SMILES string of the molecule is Cc1nnc(NC(=O)N2CCN(C3CC3)CC2)s1. The van der Waals surface area contributed by atoms with Gasteiger partial charge in [0.05, 0.1) is 0 Å². The molecule has 6 nitrogen and oxygen atoms in total. The minimum atomic E-state index is -0.0541. The molecule has 1 saturated heterocycles. The monoisotopic (exact) mass is 267 g/mol. The van der Waals surface area contributed by atoms with E-state index in [9.17, 15) is 4.79 Å². The summed E-state index contributed by atoms with van der Waals surface area (Å²) in [5.41, 5.74) is 0. The molecule has 1 saturated carbocycles. The molecule has 98 valence electrons. The van der Waals surface area contributed by atoms with Gasteiger partial charge in [-0.15, -0.1) is 10.2 Å². The highest BCUT2D eigenvalue weighted by molar-refractivity contribution is 7.15. The van der Waals surface area contributed by atoms with Crippen LogP contribution < -0.4 is 5.32 Å². The van der Waals surface area contributed by atoms with Crippen LogP contribution in [-0.2, 0) is 0 Å². The van der Waals surface area contributed by atoms with Gasteiger partial charge in [-0.25, -0.2) is 4.79 Å². The first-order valence-electron chi connectivity index (χ1n) is 6.32. The van der Waals surface area contributed by atoms with E-state index >= 15 is 0 Å². The summed E-state index contributed by atoms with van der Waals surface area (Å²) < 4.78 is 0. The van der Waals surface area contributed by atoms with E-state index in [0.717, 1.165) is 37.2 Å². The van der Waals surface area contributed by atoms with Crippen molar-refractivity contribution in [1.82, 2.24) is 20.0 Å². The number of carbonyl (C=O) groups excluding carboxylic acids is 1. The molecule has 1 aliphatic carbocycles. The number of aryl methyl sites for hydroxylation is 1. The molecule has 2 heterocycles. The van der Waals surface area contributed by atoms with Crippen molar-refractivity contribution >= 4 is 22.5 Å². The molecule has 1 aromatic rings. The lowest BCUT2D eigenvalue weighted by atomic mass is 10.3. The maximum absolute atomic E-state index is 12.0. The Morgan fingerprint density at radius 3 is 2.56 bits per heavy atom. The Morgan fingerprint density at radius 2 is 2.00 bits per heavy atom. The first-order chi connectivity index (χ1) is 8.72. The van der Waals surface area contributed by atoms with Crippen molar-refractivity contribution < 1.29 is 4.79 Å². The van der Waals surface area contributed by atoms with Gasteiger partial charge in [0.15, 0.2) is 0 Å². The fraction of sp³-hybridized carbons (Fsp3) is 0.727. The molecular formula is C11H17N5OS. The van der Waals surface area contributed by atoms with Crippen molar-refractivity contribution in [2.24, 2.45) is 0 Å². The zero-order valence-electron chi connectivity index (χ0n) is 10.4. The van der Waals surface area contributed by atoms with Gasteiger partial charge in [-0.05, 0) is 19.8 Å². The molecule has 0 aromatic carbocycles. The number of nitrogens with one attached hydrogen (secondary N) is 1. The maximum atomic E-state index is 12.0. The number of carbonyl (C=O) groups is 1. The van der Waals surface area contributed by atoms with Crippen LogP contribution in [0.2, 0.25) is 0 Å². The second kappa shape index (κ2) is 4.81. The van der Waals surface area contributed by atoms with Crippen molar-refractivity contribution in [3.8, 4) is 0 Å². The second-order valence-corrected chi connectivity index (χ2v) is 5.99. The summed E-state index contributed by atoms with van der Waals surface area (Å²) in [5.74, 6) is 0. The molecule has 2 amide bonds. The van der Waals surface area contributed by atoms with Crippen LogP contribution in [0.15, 0.2) is 0 Å². The van der Waals surface area contributed by atoms with E-state index in [-0.39, 0.29) is 6.03 Å². The molecule has 2 aliphatic rings. The number of anilines is 1. The van der Waals surface area contributed by atoms with Crippen LogP contribution in [0.25, 0.3) is 0 Å². The van der Waals surface area contributed by atoms with Gasteiger partial charge in [-0.2, -0.15) is 0 Å². The molecule has 2 fully saturated rings. The molecule has 0 atom stereocenters. The zero-order valence-corrected chi connectivity index (χ0v) is 11.2. The minimum absolute atomic E-state index is 0.0541. The van der Waals surface area contributed by atoms with Gasteiger partial charge < -0.3 is 4.90 Å². The molecule has 0 radical (unpaired) electrons. The Balaban J connectivity index is 1.51. The Labute approximate surface area is 110 Å². The highest BCUT2D eigenvalue weighted by atomic mass is 32.1. The summed E-state index contributed by atoms with van der Waals surface area (Å²) >= 11 is 1.40. The van der Waals surface area contributed by atoms with Crippen molar-refractivity contribution in [2.45, 2.75) is 25.8 Å². The van der Waals surface area contributed by atoms with Gasteiger partial charge in [0.25, 0.3) is 0 Å². The summed E-state index contributed by atoms with van der Waals surface area (Å²) in [5, 5.41) is 12.0. The van der Waals surface area contributed by atoms with Crippen LogP contribution in [0.4, 0.5) is 9.93 Å². The van der Waals surface area contributed by atoms with Crippen molar-refractivity contribution in [1.29, 1.82) is 0 Å². The number of rotatable bonds is 2. The standard InChI is InChI=1S/C11H17N5OS/c1-8-13-14-10(18-8)12-11(17)16-6-4-15(5-7-16)9-2-3-9/h9H,2-7H2,1H3,(H,12,14,17). The molecular weight excluding hydrogens is 250 g/mol. The van der Waals surface area contributed by atoms with Gasteiger partial charge in [-0.1, -0.05) is 11.3 Å². The molecule has 1 N–H and O–H groups in total. The van der Waals surface area contributed by atoms with E-state index in [0.29, 0.717) is 5.13 Å². The number of aromatic nitrogens is 2. The van der Waals surface area contributed by atoms with Crippen LogP contribution in [0.3, 0.4) is 0 Å². The molecule has 1 aliphatic heterocycles. The largest absolute Gasteiger partial charge is 0.323 e. The van der Waals surface area contributed by atoms with E-state index in [1.807, 2.05) is 11.8 Å². The molecule has 3 rings (SSSR count). The highest BCUT2D eigenvalue weighted by Crippen LogP contribution is 2.27. The van der Waals surface area contributed by atoms with Crippen LogP contribution in [-0.4, -0.2) is 58.2 Å². The van der Waals surface area contributed by atoms with E-state index < -0.39 is 0 Å². The second-order valence-electron chi connectivity index (χ2n) is 4.81. The lowest BCUT2D eigenvalue weighted by molar-refractivity contribution is 0.142. The molecule has 1 aromatic heterocycles. The Kier molecular flexibility index (Phi) is 3.17. The fourth-order valence-corrected chi connectivity index (χ4v) is 2.83. The number of hydrogen-bond acceptors (Lipinski definition) is 5. The van der Waals surface area contributed by atoms with Crippen molar-refractivity contribution in [3.05, 3.63) is 5.01 Å². The third-order valence-electron chi connectivity index (χ3n) is 3.40. The first kappa shape index (κ1) is 11.9. The zero-order chi connectivity index (χ0) is 12.5. The predicted octanol–water partition coefficient (Wildman–Crippen LogP) is 1.16. The number of hydrogen-bond donors (Lipinski definition) is 1. The van der Waals surface area contributed by atoms with E-state index in [4.69, 9.17) is 0 Å². The quantitative estimate of drug-likeness (QED) is 0.873. The summed E-state index contributed by atoms with van der Waals surface area (Å²) in [6.07, 6.45) is 2.66. The Bertz CT molecular complexity index is 436. The van der Waals surface area contributed by atoms with Gasteiger partial charge >= 0.3 is 6.03 Å². The number of piperazine rings is 1. The van der Waals surface area contributed by atoms with Gasteiger partial charge in [0, 0.05) is 32.2 Å². The molecule has 18 heavy (non-hydrogen) atoms. The van der Waals surface area contributed by atoms with Crippen molar-refractivity contribution in [2.75, 3.05) is 31.5 Å². The first-order valence-corrected chi connectivity index (χ1v) is 7.14. The summed E-state index contributed by atoms with van der Waals surface area (Å²) in [4.78, 5) is 16.3. The molecule has 0 bridgehead atoms. The van der Waals surface area contributed by atoms with Crippen LogP contribution >= 0.6 is 11.3 Å². The van der Waals surface area contributed by atoms with Gasteiger partial charge in [0.1, 0.15) is 5.01 Å².